The summed E-state index contributed by atoms with van der Waals surface area (Å²) in [5.74, 6) is 1.85. The summed E-state index contributed by atoms with van der Waals surface area (Å²) >= 11 is 7.58. The number of rotatable bonds is 10. The second-order valence-electron chi connectivity index (χ2n) is 6.87. The minimum absolute atomic E-state index is 0.355. The number of alkyl halides is 2. The van der Waals surface area contributed by atoms with Crippen LogP contribution in [0.3, 0.4) is 0 Å². The van der Waals surface area contributed by atoms with Crippen LogP contribution in [0.25, 0.3) is 6.08 Å². The molecule has 0 aliphatic heterocycles. The highest BCUT2D eigenvalue weighted by Gasteiger charge is 2.22. The molecule has 2 aromatic rings. The summed E-state index contributed by atoms with van der Waals surface area (Å²) in [7, 11) is 0. The molecule has 162 valence electrons. The van der Waals surface area contributed by atoms with Crippen molar-refractivity contribution in [2.24, 2.45) is 5.92 Å². The molecule has 3 rings (SSSR count). The van der Waals surface area contributed by atoms with E-state index in [1.807, 2.05) is 6.07 Å². The second-order valence-corrected chi connectivity index (χ2v) is 8.30. The van der Waals surface area contributed by atoms with Crippen molar-refractivity contribution in [3.63, 3.8) is 0 Å². The molecule has 0 unspecified atom stereocenters. The number of nitrogens with zero attached hydrogens (tertiary/aromatic N) is 1. The third kappa shape index (κ3) is 7.46. The Morgan fingerprint density at radius 2 is 2.23 bits per heavy atom. The van der Waals surface area contributed by atoms with Crippen molar-refractivity contribution in [2.75, 3.05) is 13.2 Å². The first-order valence-electron chi connectivity index (χ1n) is 9.46. The molecular formula is C20H22ClF2N3O3S. The Morgan fingerprint density at radius 3 is 2.93 bits per heavy atom. The Labute approximate surface area is 182 Å². The fraction of sp³-hybridized carbons (Fsp3) is 0.400. The van der Waals surface area contributed by atoms with Crippen LogP contribution in [0.5, 0.6) is 16.7 Å². The molecule has 30 heavy (non-hydrogen) atoms. The third-order valence-corrected chi connectivity index (χ3v) is 5.25. The average Bonchev–Trinajstić information content (AvgIpc) is 3.43. The predicted octanol–water partition coefficient (Wildman–Crippen LogP) is 5.34. The zero-order valence-electron chi connectivity index (χ0n) is 16.2. The van der Waals surface area contributed by atoms with Crippen LogP contribution in [0, 0.1) is 5.92 Å². The molecule has 2 amide bonds. The van der Waals surface area contributed by atoms with Crippen molar-refractivity contribution >= 4 is 35.0 Å². The van der Waals surface area contributed by atoms with Gasteiger partial charge in [0.2, 0.25) is 0 Å². The molecule has 0 spiro atoms. The van der Waals surface area contributed by atoms with E-state index in [-0.39, 0.29) is 6.04 Å². The number of amides is 2. The number of carbonyl (C=O) groups is 1. The van der Waals surface area contributed by atoms with Crippen molar-refractivity contribution < 1.29 is 23.0 Å². The monoisotopic (exact) mass is 457 g/mol. The van der Waals surface area contributed by atoms with E-state index in [1.54, 1.807) is 37.4 Å². The molecule has 2 N–H and O–H groups in total. The Bertz CT molecular complexity index is 890. The van der Waals surface area contributed by atoms with Crippen LogP contribution in [0.15, 0.2) is 30.5 Å². The number of urea groups is 1. The van der Waals surface area contributed by atoms with Gasteiger partial charge in [0.1, 0.15) is 11.5 Å². The number of nitrogens with one attached hydrogen (secondary N) is 2. The Balaban J connectivity index is 1.49. The Hall–Kier alpha value is -2.39. The number of benzene rings is 1. The lowest BCUT2D eigenvalue weighted by molar-refractivity contribution is 0.146. The van der Waals surface area contributed by atoms with Gasteiger partial charge in [0.15, 0.2) is 0 Å². The van der Waals surface area contributed by atoms with Gasteiger partial charge in [-0.2, -0.15) is 0 Å². The van der Waals surface area contributed by atoms with E-state index < -0.39 is 19.0 Å². The molecule has 10 heteroatoms. The van der Waals surface area contributed by atoms with E-state index in [9.17, 15) is 13.6 Å². The van der Waals surface area contributed by atoms with Crippen LogP contribution >= 0.6 is 22.9 Å². The van der Waals surface area contributed by atoms with E-state index in [0.29, 0.717) is 34.2 Å². The Morgan fingerprint density at radius 1 is 1.43 bits per heavy atom. The number of hydrogen-bond acceptors (Lipinski definition) is 5. The van der Waals surface area contributed by atoms with Crippen molar-refractivity contribution in [2.45, 2.75) is 32.2 Å². The van der Waals surface area contributed by atoms with Gasteiger partial charge in [-0.1, -0.05) is 29.0 Å². The van der Waals surface area contributed by atoms with Crippen molar-refractivity contribution in [3.8, 4) is 16.7 Å². The highest BCUT2D eigenvalue weighted by Crippen LogP contribution is 2.35. The molecule has 0 radical (unpaired) electrons. The average molecular weight is 458 g/mol. The summed E-state index contributed by atoms with van der Waals surface area (Å²) in [4.78, 5) is 16.5. The number of aromatic nitrogens is 1. The molecule has 1 fully saturated rings. The molecule has 1 atom stereocenters. The second kappa shape index (κ2) is 10.6. The summed E-state index contributed by atoms with van der Waals surface area (Å²) in [5, 5.41) is 5.47. The number of carbonyl (C=O) groups excluding carboxylic acids is 1. The fourth-order valence-corrected chi connectivity index (χ4v) is 3.26. The van der Waals surface area contributed by atoms with E-state index in [0.717, 1.165) is 4.88 Å². The van der Waals surface area contributed by atoms with Gasteiger partial charge in [-0.05, 0) is 43.9 Å². The molecule has 1 aromatic carbocycles. The number of hydrogen-bond donors (Lipinski definition) is 2. The smallest absolute Gasteiger partial charge is 0.315 e. The Kier molecular flexibility index (Phi) is 7.87. The van der Waals surface area contributed by atoms with Crippen LogP contribution in [-0.4, -0.2) is 36.6 Å². The van der Waals surface area contributed by atoms with E-state index in [4.69, 9.17) is 21.1 Å². The van der Waals surface area contributed by atoms with E-state index in [1.165, 1.54) is 24.2 Å². The number of ether oxygens (including phenoxy) is 2. The van der Waals surface area contributed by atoms with Crippen LogP contribution in [0.1, 0.15) is 24.6 Å². The first-order valence-corrected chi connectivity index (χ1v) is 10.6. The lowest BCUT2D eigenvalue weighted by atomic mass is 10.3. The molecule has 6 nitrogen and oxygen atoms in total. The van der Waals surface area contributed by atoms with Crippen molar-refractivity contribution in [1.82, 2.24) is 15.6 Å². The van der Waals surface area contributed by atoms with Crippen LogP contribution in [-0.2, 0) is 0 Å². The van der Waals surface area contributed by atoms with Crippen LogP contribution in [0.4, 0.5) is 13.6 Å². The maximum Gasteiger partial charge on any atom is 0.315 e. The molecule has 1 heterocycles. The highest BCUT2D eigenvalue weighted by atomic mass is 35.5. The first kappa shape index (κ1) is 22.3. The summed E-state index contributed by atoms with van der Waals surface area (Å²) < 4.78 is 35.6. The van der Waals surface area contributed by atoms with Gasteiger partial charge in [-0.3, -0.25) is 0 Å². The molecule has 1 aliphatic carbocycles. The number of thiazole rings is 1. The third-order valence-electron chi connectivity index (χ3n) is 4.11. The SMILES string of the molecule is C[C@@H](C=Cc1cnc(Oc2ccc(OCC3CC3)cc2Cl)s1)NC(=O)NCC(F)F. The minimum Gasteiger partial charge on any atom is -0.493 e. The minimum atomic E-state index is -2.59. The zero-order valence-corrected chi connectivity index (χ0v) is 17.8. The van der Waals surface area contributed by atoms with Gasteiger partial charge in [-0.25, -0.2) is 18.6 Å². The van der Waals surface area contributed by atoms with Gasteiger partial charge < -0.3 is 20.1 Å². The highest BCUT2D eigenvalue weighted by molar-refractivity contribution is 7.14. The van der Waals surface area contributed by atoms with E-state index in [2.05, 4.69) is 15.6 Å². The lowest BCUT2D eigenvalue weighted by Crippen LogP contribution is -2.41. The molecular weight excluding hydrogens is 436 g/mol. The van der Waals surface area contributed by atoms with Crippen molar-refractivity contribution in [1.29, 1.82) is 0 Å². The summed E-state index contributed by atoms with van der Waals surface area (Å²) in [6.45, 7) is 1.75. The normalized spacial score (nSPS) is 14.7. The van der Waals surface area contributed by atoms with Gasteiger partial charge in [-0.15, -0.1) is 0 Å². The topological polar surface area (TPSA) is 72.5 Å². The predicted molar refractivity (Wildman–Crippen MR) is 113 cm³/mol. The summed E-state index contributed by atoms with van der Waals surface area (Å²) in [6, 6.07) is 4.27. The standard InChI is InChI=1S/C20H22ClF2N3O3S/c1-12(26-19(27)24-10-18(22)23)2-6-15-9-25-20(30-15)29-17-7-5-14(8-16(17)21)28-11-13-3-4-13/h2,5-9,12-13,18H,3-4,10-11H2,1H3,(H2,24,26,27)/t12-/m0/s1. The first-order chi connectivity index (χ1) is 14.4. The molecule has 1 saturated carbocycles. The molecule has 0 saturated heterocycles. The van der Waals surface area contributed by atoms with E-state index >= 15 is 0 Å². The van der Waals surface area contributed by atoms with Crippen molar-refractivity contribution in [3.05, 3.63) is 40.4 Å². The van der Waals surface area contributed by atoms with Gasteiger partial charge >= 0.3 is 6.03 Å². The van der Waals surface area contributed by atoms with Gasteiger partial charge in [0.05, 0.1) is 23.1 Å². The fourth-order valence-electron chi connectivity index (χ4n) is 2.36. The van der Waals surface area contributed by atoms with Crippen LogP contribution in [0.2, 0.25) is 5.02 Å². The largest absolute Gasteiger partial charge is 0.493 e. The van der Waals surface area contributed by atoms with Crippen LogP contribution < -0.4 is 20.1 Å². The molecule has 1 aromatic heterocycles. The lowest BCUT2D eigenvalue weighted by Gasteiger charge is -2.10. The molecule has 0 bridgehead atoms. The van der Waals surface area contributed by atoms with Gasteiger partial charge in [0.25, 0.3) is 11.6 Å². The quantitative estimate of drug-likeness (QED) is 0.505. The number of halogens is 3. The van der Waals surface area contributed by atoms with Gasteiger partial charge in [0, 0.05) is 18.3 Å². The summed E-state index contributed by atoms with van der Waals surface area (Å²) in [6.07, 6.45) is 4.96. The maximum atomic E-state index is 12.1. The maximum absolute atomic E-state index is 12.1. The zero-order chi connectivity index (χ0) is 21.5. The summed E-state index contributed by atoms with van der Waals surface area (Å²) in [5.41, 5.74) is 0. The molecule has 1 aliphatic rings.